The number of nitro benzene ring substituents is 2. The number of nitrogens with zero attached hydrogens (tertiary/aromatic N) is 2. The van der Waals surface area contributed by atoms with E-state index in [1.807, 2.05) is 0 Å². The van der Waals surface area contributed by atoms with Gasteiger partial charge in [0.1, 0.15) is 5.56 Å². The number of carbonyl (C=O) groups is 2. The predicted molar refractivity (Wildman–Crippen MR) is 108 cm³/mol. The summed E-state index contributed by atoms with van der Waals surface area (Å²) in [7, 11) is 0. The second-order valence-electron chi connectivity index (χ2n) is 7.06. The Kier molecular flexibility index (Phi) is 6.35. The van der Waals surface area contributed by atoms with Crippen LogP contribution in [0.3, 0.4) is 0 Å². The minimum atomic E-state index is -0.851. The van der Waals surface area contributed by atoms with Crippen molar-refractivity contribution in [1.29, 1.82) is 0 Å². The van der Waals surface area contributed by atoms with E-state index >= 15 is 0 Å². The van der Waals surface area contributed by atoms with Crippen LogP contribution in [0.1, 0.15) is 52.8 Å². The van der Waals surface area contributed by atoms with Crippen LogP contribution in [0, 0.1) is 20.2 Å². The number of benzene rings is 2. The molecule has 3 rings (SSSR count). The number of hydrogen-bond donors (Lipinski definition) is 2. The van der Waals surface area contributed by atoms with Crippen LogP contribution in [0.25, 0.3) is 0 Å². The van der Waals surface area contributed by atoms with Gasteiger partial charge in [0.15, 0.2) is 0 Å². The summed E-state index contributed by atoms with van der Waals surface area (Å²) in [6.45, 7) is 0. The topological polar surface area (TPSA) is 144 Å². The zero-order valence-electron chi connectivity index (χ0n) is 16.0. The Labute approximate surface area is 171 Å². The standard InChI is InChI=1S/C20H20N4O6/c25-19(21-14-6-2-1-3-7-14)13-5-4-8-15(11-13)22-20(26)17-10-9-16(23(27)28)12-18(17)24(29)30/h4-5,8-12,14H,1-3,6-7H2,(H,21,25)(H,22,26). The quantitative estimate of drug-likeness (QED) is 0.545. The van der Waals surface area contributed by atoms with Gasteiger partial charge in [-0.15, -0.1) is 0 Å². The summed E-state index contributed by atoms with van der Waals surface area (Å²) in [5.74, 6) is -1.05. The third kappa shape index (κ3) is 4.96. The monoisotopic (exact) mass is 412 g/mol. The van der Waals surface area contributed by atoms with Crippen LogP contribution in [0.15, 0.2) is 42.5 Å². The molecule has 30 heavy (non-hydrogen) atoms. The molecule has 0 atom stereocenters. The molecule has 0 heterocycles. The van der Waals surface area contributed by atoms with Crippen molar-refractivity contribution in [2.24, 2.45) is 0 Å². The second kappa shape index (κ2) is 9.12. The zero-order chi connectivity index (χ0) is 21.7. The van der Waals surface area contributed by atoms with Crippen LogP contribution in [0.5, 0.6) is 0 Å². The van der Waals surface area contributed by atoms with E-state index < -0.39 is 27.1 Å². The Morgan fingerprint density at radius 2 is 1.63 bits per heavy atom. The molecule has 10 heteroatoms. The fourth-order valence-corrected chi connectivity index (χ4v) is 3.43. The van der Waals surface area contributed by atoms with Gasteiger partial charge in [-0.3, -0.25) is 29.8 Å². The van der Waals surface area contributed by atoms with Gasteiger partial charge < -0.3 is 10.6 Å². The Balaban J connectivity index is 1.76. The smallest absolute Gasteiger partial charge is 0.289 e. The lowest BCUT2D eigenvalue weighted by Crippen LogP contribution is -2.36. The first kappa shape index (κ1) is 20.9. The number of anilines is 1. The van der Waals surface area contributed by atoms with Crippen LogP contribution >= 0.6 is 0 Å². The Morgan fingerprint density at radius 3 is 2.30 bits per heavy atom. The lowest BCUT2D eigenvalue weighted by atomic mass is 9.95. The minimum Gasteiger partial charge on any atom is -0.349 e. The molecule has 0 bridgehead atoms. The summed E-state index contributed by atoms with van der Waals surface area (Å²) in [5.41, 5.74) is -0.837. The summed E-state index contributed by atoms with van der Waals surface area (Å²) < 4.78 is 0. The van der Waals surface area contributed by atoms with E-state index in [0.717, 1.165) is 43.9 Å². The SMILES string of the molecule is O=C(NC1CCCCC1)c1cccc(NC(=O)c2ccc([N+](=O)[O-])cc2[N+](=O)[O-])c1. The van der Waals surface area contributed by atoms with Gasteiger partial charge in [-0.2, -0.15) is 0 Å². The molecule has 2 aromatic carbocycles. The molecular formula is C20H20N4O6. The van der Waals surface area contributed by atoms with Crippen molar-refractivity contribution in [2.45, 2.75) is 38.1 Å². The van der Waals surface area contributed by atoms with Crippen molar-refractivity contribution in [2.75, 3.05) is 5.32 Å². The molecule has 0 unspecified atom stereocenters. The van der Waals surface area contributed by atoms with Crippen LogP contribution in [-0.2, 0) is 0 Å². The molecular weight excluding hydrogens is 392 g/mol. The zero-order valence-corrected chi connectivity index (χ0v) is 16.0. The highest BCUT2D eigenvalue weighted by atomic mass is 16.6. The van der Waals surface area contributed by atoms with Gasteiger partial charge in [-0.05, 0) is 37.1 Å². The Hall–Kier alpha value is -3.82. The highest BCUT2D eigenvalue weighted by Gasteiger charge is 2.24. The molecule has 2 N–H and O–H groups in total. The molecule has 0 spiro atoms. The lowest BCUT2D eigenvalue weighted by molar-refractivity contribution is -0.394. The van der Waals surface area contributed by atoms with E-state index in [-0.39, 0.29) is 23.2 Å². The average molecular weight is 412 g/mol. The molecule has 1 aliphatic carbocycles. The lowest BCUT2D eigenvalue weighted by Gasteiger charge is -2.22. The number of rotatable bonds is 6. The van der Waals surface area contributed by atoms with Gasteiger partial charge in [-0.1, -0.05) is 25.3 Å². The van der Waals surface area contributed by atoms with Gasteiger partial charge in [0, 0.05) is 23.4 Å². The first-order valence-electron chi connectivity index (χ1n) is 9.50. The number of carbonyl (C=O) groups excluding carboxylic acids is 2. The molecule has 0 aliphatic heterocycles. The highest BCUT2D eigenvalue weighted by Crippen LogP contribution is 2.26. The molecule has 0 saturated heterocycles. The summed E-state index contributed by atoms with van der Waals surface area (Å²) in [5, 5.41) is 27.6. The number of nitrogens with one attached hydrogen (secondary N) is 2. The van der Waals surface area contributed by atoms with Gasteiger partial charge in [0.2, 0.25) is 0 Å². The fraction of sp³-hybridized carbons (Fsp3) is 0.300. The van der Waals surface area contributed by atoms with Crippen molar-refractivity contribution in [3.8, 4) is 0 Å². The normalized spacial score (nSPS) is 14.0. The minimum absolute atomic E-state index is 0.132. The fourth-order valence-electron chi connectivity index (χ4n) is 3.43. The molecule has 0 radical (unpaired) electrons. The summed E-state index contributed by atoms with van der Waals surface area (Å²) in [4.78, 5) is 45.5. The van der Waals surface area contributed by atoms with Crippen LogP contribution in [-0.4, -0.2) is 27.7 Å². The third-order valence-corrected chi connectivity index (χ3v) is 4.96. The molecule has 1 fully saturated rings. The van der Waals surface area contributed by atoms with Crippen molar-refractivity contribution in [3.05, 3.63) is 73.8 Å². The number of nitro groups is 2. The number of amides is 2. The average Bonchev–Trinajstić information content (AvgIpc) is 2.74. The van der Waals surface area contributed by atoms with Crippen molar-refractivity contribution >= 4 is 28.9 Å². The van der Waals surface area contributed by atoms with Crippen molar-refractivity contribution in [3.63, 3.8) is 0 Å². The summed E-state index contributed by atoms with van der Waals surface area (Å²) in [6.07, 6.45) is 5.20. The molecule has 2 aromatic rings. The third-order valence-electron chi connectivity index (χ3n) is 4.96. The maximum absolute atomic E-state index is 12.5. The van der Waals surface area contributed by atoms with E-state index in [2.05, 4.69) is 10.6 Å². The number of non-ortho nitro benzene ring substituents is 1. The van der Waals surface area contributed by atoms with E-state index in [1.54, 1.807) is 18.2 Å². The predicted octanol–water partition coefficient (Wildman–Crippen LogP) is 3.82. The highest BCUT2D eigenvalue weighted by molar-refractivity contribution is 6.07. The van der Waals surface area contributed by atoms with Crippen LogP contribution in [0.4, 0.5) is 17.1 Å². The van der Waals surface area contributed by atoms with Crippen LogP contribution < -0.4 is 10.6 Å². The molecule has 1 aliphatic rings. The maximum atomic E-state index is 12.5. The maximum Gasteiger partial charge on any atom is 0.289 e. The first-order chi connectivity index (χ1) is 14.3. The summed E-state index contributed by atoms with van der Waals surface area (Å²) in [6, 6.07) is 9.16. The van der Waals surface area contributed by atoms with Gasteiger partial charge in [-0.25, -0.2) is 0 Å². The van der Waals surface area contributed by atoms with Gasteiger partial charge >= 0.3 is 0 Å². The largest absolute Gasteiger partial charge is 0.349 e. The Morgan fingerprint density at radius 1 is 0.900 bits per heavy atom. The van der Waals surface area contributed by atoms with Gasteiger partial charge in [0.25, 0.3) is 23.2 Å². The van der Waals surface area contributed by atoms with Crippen molar-refractivity contribution in [1.82, 2.24) is 5.32 Å². The first-order valence-corrected chi connectivity index (χ1v) is 9.50. The van der Waals surface area contributed by atoms with Gasteiger partial charge in [0.05, 0.1) is 15.9 Å². The van der Waals surface area contributed by atoms with E-state index in [4.69, 9.17) is 0 Å². The van der Waals surface area contributed by atoms with Crippen molar-refractivity contribution < 1.29 is 19.4 Å². The second-order valence-corrected chi connectivity index (χ2v) is 7.06. The molecule has 1 saturated carbocycles. The van der Waals surface area contributed by atoms with E-state index in [9.17, 15) is 29.8 Å². The summed E-state index contributed by atoms with van der Waals surface area (Å²) >= 11 is 0. The number of hydrogen-bond acceptors (Lipinski definition) is 6. The van der Waals surface area contributed by atoms with Crippen LogP contribution in [0.2, 0.25) is 0 Å². The van der Waals surface area contributed by atoms with E-state index in [1.165, 1.54) is 12.5 Å². The molecule has 10 nitrogen and oxygen atoms in total. The Bertz CT molecular complexity index is 1000. The molecule has 156 valence electrons. The van der Waals surface area contributed by atoms with E-state index in [0.29, 0.717) is 5.56 Å². The molecule has 0 aromatic heterocycles. The molecule has 2 amide bonds.